The lowest BCUT2D eigenvalue weighted by Crippen LogP contribution is -2.52. The van der Waals surface area contributed by atoms with Gasteiger partial charge >= 0.3 is 0 Å². The molecule has 0 unspecified atom stereocenters. The van der Waals surface area contributed by atoms with Gasteiger partial charge in [-0.05, 0) is 25.0 Å². The average molecular weight is 295 g/mol. The molecule has 1 aliphatic carbocycles. The summed E-state index contributed by atoms with van der Waals surface area (Å²) in [6.45, 7) is 0.0845. The lowest BCUT2D eigenvalue weighted by molar-refractivity contribution is -0.124. The first-order valence-electron chi connectivity index (χ1n) is 7.44. The van der Waals surface area contributed by atoms with E-state index < -0.39 is 11.4 Å². The van der Waals surface area contributed by atoms with Crippen molar-refractivity contribution >= 4 is 5.91 Å². The van der Waals surface area contributed by atoms with Crippen LogP contribution in [0.2, 0.25) is 0 Å². The van der Waals surface area contributed by atoms with Crippen LogP contribution in [0.5, 0.6) is 5.75 Å². The predicted molar refractivity (Wildman–Crippen MR) is 77.6 cm³/mol. The van der Waals surface area contributed by atoms with Crippen molar-refractivity contribution < 1.29 is 19.0 Å². The van der Waals surface area contributed by atoms with Crippen LogP contribution in [0.15, 0.2) is 24.3 Å². The van der Waals surface area contributed by atoms with Crippen LogP contribution in [0, 0.1) is 5.82 Å². The van der Waals surface area contributed by atoms with Crippen LogP contribution in [0.4, 0.5) is 4.39 Å². The molecule has 21 heavy (non-hydrogen) atoms. The maximum absolute atomic E-state index is 13.3. The van der Waals surface area contributed by atoms with Gasteiger partial charge in [-0.1, -0.05) is 31.4 Å². The normalized spacial score (nSPS) is 17.2. The van der Waals surface area contributed by atoms with Crippen molar-refractivity contribution in [2.75, 3.05) is 13.2 Å². The summed E-state index contributed by atoms with van der Waals surface area (Å²) in [4.78, 5) is 12.0. The summed E-state index contributed by atoms with van der Waals surface area (Å²) in [6, 6.07) is 6.12. The third-order valence-electron chi connectivity index (χ3n) is 3.94. The molecule has 0 bridgehead atoms. The summed E-state index contributed by atoms with van der Waals surface area (Å²) in [6.07, 6.45) is 4.95. The number of para-hydroxylation sites is 1. The van der Waals surface area contributed by atoms with Gasteiger partial charge in [0.15, 0.2) is 11.6 Å². The Morgan fingerprint density at radius 3 is 2.67 bits per heavy atom. The van der Waals surface area contributed by atoms with E-state index in [1.807, 2.05) is 0 Å². The van der Waals surface area contributed by atoms with E-state index in [2.05, 4.69) is 5.32 Å². The largest absolute Gasteiger partial charge is 0.490 e. The Hall–Kier alpha value is -1.62. The van der Waals surface area contributed by atoms with Crippen LogP contribution in [0.25, 0.3) is 0 Å². The highest BCUT2D eigenvalue weighted by molar-refractivity contribution is 5.77. The third kappa shape index (κ3) is 4.43. The van der Waals surface area contributed by atoms with Crippen LogP contribution in [0.3, 0.4) is 0 Å². The van der Waals surface area contributed by atoms with Gasteiger partial charge in [-0.15, -0.1) is 0 Å². The lowest BCUT2D eigenvalue weighted by Gasteiger charge is -2.36. The molecule has 0 atom stereocenters. The van der Waals surface area contributed by atoms with Gasteiger partial charge in [0.2, 0.25) is 5.91 Å². The molecule has 1 fully saturated rings. The molecule has 116 valence electrons. The van der Waals surface area contributed by atoms with E-state index in [0.717, 1.165) is 32.1 Å². The quantitative estimate of drug-likeness (QED) is 0.847. The minimum Gasteiger partial charge on any atom is -0.490 e. The van der Waals surface area contributed by atoms with Gasteiger partial charge in [-0.3, -0.25) is 4.79 Å². The maximum atomic E-state index is 13.3. The Labute approximate surface area is 124 Å². The number of hydrogen-bond acceptors (Lipinski definition) is 3. The summed E-state index contributed by atoms with van der Waals surface area (Å²) < 4.78 is 18.6. The zero-order valence-electron chi connectivity index (χ0n) is 12.1. The molecule has 2 N–H and O–H groups in total. The monoisotopic (exact) mass is 295 g/mol. The number of carbonyl (C=O) groups excluding carboxylic acids is 1. The van der Waals surface area contributed by atoms with Gasteiger partial charge in [0.05, 0.1) is 25.2 Å². The number of carbonyl (C=O) groups is 1. The van der Waals surface area contributed by atoms with E-state index in [1.165, 1.54) is 12.1 Å². The molecule has 1 aliphatic rings. The van der Waals surface area contributed by atoms with Crippen LogP contribution in [-0.2, 0) is 4.79 Å². The van der Waals surface area contributed by atoms with Crippen LogP contribution in [0.1, 0.15) is 38.5 Å². The second kappa shape index (κ2) is 7.41. The van der Waals surface area contributed by atoms with Crippen LogP contribution >= 0.6 is 0 Å². The molecule has 1 aromatic rings. The number of nitrogens with one attached hydrogen (secondary N) is 1. The average Bonchev–Trinajstić information content (AvgIpc) is 2.50. The Bertz CT molecular complexity index is 472. The van der Waals surface area contributed by atoms with Crippen molar-refractivity contribution in [3.8, 4) is 5.75 Å². The first kappa shape index (κ1) is 15.8. The number of rotatable bonds is 6. The highest BCUT2D eigenvalue weighted by Gasteiger charge is 2.32. The number of ether oxygens (including phenoxy) is 1. The zero-order valence-corrected chi connectivity index (χ0v) is 12.1. The molecular formula is C16H22FNO3. The molecule has 0 spiro atoms. The summed E-state index contributed by atoms with van der Waals surface area (Å²) >= 11 is 0. The van der Waals surface area contributed by atoms with E-state index in [0.29, 0.717) is 0 Å². The number of benzene rings is 1. The fraction of sp³-hybridized carbons (Fsp3) is 0.562. The number of halogens is 1. The summed E-state index contributed by atoms with van der Waals surface area (Å²) in [5, 5.41) is 12.5. The number of aliphatic hydroxyl groups is 1. The topological polar surface area (TPSA) is 58.6 Å². The lowest BCUT2D eigenvalue weighted by atomic mass is 9.82. The van der Waals surface area contributed by atoms with E-state index in [1.54, 1.807) is 12.1 Å². The van der Waals surface area contributed by atoms with Crippen molar-refractivity contribution in [1.29, 1.82) is 0 Å². The fourth-order valence-electron chi connectivity index (χ4n) is 2.72. The maximum Gasteiger partial charge on any atom is 0.223 e. The van der Waals surface area contributed by atoms with Crippen LogP contribution in [-0.4, -0.2) is 29.8 Å². The molecule has 1 amide bonds. The number of aliphatic hydroxyl groups excluding tert-OH is 1. The molecule has 0 radical (unpaired) electrons. The highest BCUT2D eigenvalue weighted by atomic mass is 19.1. The van der Waals surface area contributed by atoms with Gasteiger partial charge in [-0.25, -0.2) is 4.39 Å². The minimum absolute atomic E-state index is 0.0348. The first-order valence-corrected chi connectivity index (χ1v) is 7.44. The van der Waals surface area contributed by atoms with Crippen LogP contribution < -0.4 is 10.1 Å². The molecular weight excluding hydrogens is 273 g/mol. The second-order valence-corrected chi connectivity index (χ2v) is 5.58. The second-order valence-electron chi connectivity index (χ2n) is 5.58. The smallest absolute Gasteiger partial charge is 0.223 e. The summed E-state index contributed by atoms with van der Waals surface area (Å²) in [5.74, 6) is -0.445. The summed E-state index contributed by atoms with van der Waals surface area (Å²) in [5.41, 5.74) is -0.479. The van der Waals surface area contributed by atoms with Crippen molar-refractivity contribution in [1.82, 2.24) is 5.32 Å². The summed E-state index contributed by atoms with van der Waals surface area (Å²) in [7, 11) is 0. The third-order valence-corrected chi connectivity index (χ3v) is 3.94. The molecule has 5 heteroatoms. The molecule has 0 heterocycles. The Balaban J connectivity index is 1.78. The molecule has 1 aromatic carbocycles. The van der Waals surface area contributed by atoms with E-state index in [4.69, 9.17) is 4.74 Å². The molecule has 1 saturated carbocycles. The standard InChI is InChI=1S/C16H22FNO3/c17-13-6-2-3-7-14(13)21-11-8-15(20)18-16(12-19)9-4-1-5-10-16/h2-3,6-7,19H,1,4-5,8-12H2,(H,18,20). The Morgan fingerprint density at radius 1 is 1.29 bits per heavy atom. The van der Waals surface area contributed by atoms with Gasteiger partial charge in [0, 0.05) is 0 Å². The Morgan fingerprint density at radius 2 is 2.00 bits per heavy atom. The SMILES string of the molecule is O=C(CCOc1ccccc1F)NC1(CO)CCCCC1. The number of hydrogen-bond donors (Lipinski definition) is 2. The van der Waals surface area contributed by atoms with Crippen molar-refractivity contribution in [2.24, 2.45) is 0 Å². The highest BCUT2D eigenvalue weighted by Crippen LogP contribution is 2.27. The molecule has 2 rings (SSSR count). The first-order chi connectivity index (χ1) is 10.2. The Kier molecular flexibility index (Phi) is 5.56. The molecule has 4 nitrogen and oxygen atoms in total. The zero-order chi connectivity index (χ0) is 15.1. The van der Waals surface area contributed by atoms with Crippen molar-refractivity contribution in [2.45, 2.75) is 44.1 Å². The van der Waals surface area contributed by atoms with Gasteiger partial charge in [0.25, 0.3) is 0 Å². The molecule has 0 saturated heterocycles. The predicted octanol–water partition coefficient (Wildman–Crippen LogP) is 2.41. The van der Waals surface area contributed by atoms with Gasteiger partial charge in [0.1, 0.15) is 0 Å². The van der Waals surface area contributed by atoms with E-state index in [-0.39, 0.29) is 31.3 Å². The van der Waals surface area contributed by atoms with Gasteiger partial charge in [-0.2, -0.15) is 0 Å². The molecule has 0 aromatic heterocycles. The molecule has 0 aliphatic heterocycles. The van der Waals surface area contributed by atoms with Crippen molar-refractivity contribution in [3.05, 3.63) is 30.1 Å². The number of amides is 1. The minimum atomic E-state index is -0.479. The van der Waals surface area contributed by atoms with E-state index >= 15 is 0 Å². The fourth-order valence-corrected chi connectivity index (χ4v) is 2.72. The van der Waals surface area contributed by atoms with Gasteiger partial charge < -0.3 is 15.2 Å². The van der Waals surface area contributed by atoms with Crippen molar-refractivity contribution in [3.63, 3.8) is 0 Å². The van der Waals surface area contributed by atoms with E-state index in [9.17, 15) is 14.3 Å².